The van der Waals surface area contributed by atoms with Gasteiger partial charge in [0.2, 0.25) is 5.91 Å². The Hall–Kier alpha value is -1.86. The van der Waals surface area contributed by atoms with Crippen LogP contribution in [0, 0.1) is 0 Å². The molecule has 1 aromatic rings. The lowest BCUT2D eigenvalue weighted by Crippen LogP contribution is -2.78. The molecule has 0 saturated heterocycles. The first-order valence-corrected chi connectivity index (χ1v) is 10.8. The molecule has 5 fully saturated rings. The van der Waals surface area contributed by atoms with Crippen molar-refractivity contribution in [3.63, 3.8) is 0 Å². The summed E-state index contributed by atoms with van der Waals surface area (Å²) in [6.45, 7) is -0.212. The summed E-state index contributed by atoms with van der Waals surface area (Å²) in [6.07, 6.45) is -4.93. The second-order valence-corrected chi connectivity index (χ2v) is 9.73. The number of carbonyl (C=O) groups is 1. The van der Waals surface area contributed by atoms with Crippen LogP contribution < -0.4 is 5.32 Å². The number of hydrogen-bond acceptors (Lipinski definition) is 5. The van der Waals surface area contributed by atoms with Crippen LogP contribution in [0.2, 0.25) is 0 Å². The molecule has 1 heterocycles. The summed E-state index contributed by atoms with van der Waals surface area (Å²) in [5, 5.41) is 2.95. The van der Waals surface area contributed by atoms with Crippen molar-refractivity contribution in [2.45, 2.75) is 93.0 Å². The molecule has 1 amide bonds. The monoisotopic (exact) mass is 483 g/mol. The highest BCUT2D eigenvalue weighted by Crippen LogP contribution is 2.65. The molecule has 2 bridgehead atoms. The Labute approximate surface area is 184 Å². The molecule has 13 heteroatoms. The highest BCUT2D eigenvalue weighted by Gasteiger charge is 2.69. The van der Waals surface area contributed by atoms with Crippen LogP contribution in [0.5, 0.6) is 0 Å². The lowest BCUT2D eigenvalue weighted by molar-refractivity contribution is -0.357. The number of hydrogen-bond donors (Lipinski definition) is 1. The van der Waals surface area contributed by atoms with Crippen LogP contribution in [-0.2, 0) is 24.5 Å². The molecule has 5 aliphatic rings. The summed E-state index contributed by atoms with van der Waals surface area (Å²) >= 11 is 0. The van der Waals surface area contributed by atoms with Crippen LogP contribution in [0.1, 0.15) is 56.6 Å². The predicted molar refractivity (Wildman–Crippen MR) is 97.7 cm³/mol. The molecule has 5 aliphatic carbocycles. The molecule has 184 valence electrons. The van der Waals surface area contributed by atoms with E-state index in [1.54, 1.807) is 6.33 Å². The molecule has 33 heavy (non-hydrogen) atoms. The Morgan fingerprint density at radius 3 is 2.15 bits per heavy atom. The van der Waals surface area contributed by atoms with Gasteiger partial charge in [-0.2, -0.15) is 0 Å². The number of alkyl halides is 6. The largest absolute Gasteiger partial charge is 0.522 e. The fourth-order valence-corrected chi connectivity index (χ4v) is 5.51. The van der Waals surface area contributed by atoms with Gasteiger partial charge in [0.25, 0.3) is 0 Å². The van der Waals surface area contributed by atoms with E-state index in [-0.39, 0.29) is 55.2 Å². The molecule has 7 nitrogen and oxygen atoms in total. The average Bonchev–Trinajstić information content (AvgIpc) is 3.01. The van der Waals surface area contributed by atoms with Gasteiger partial charge in [-0.1, -0.05) is 0 Å². The van der Waals surface area contributed by atoms with Gasteiger partial charge in [-0.25, -0.2) is 4.98 Å². The minimum absolute atomic E-state index is 0.0515. The van der Waals surface area contributed by atoms with Gasteiger partial charge in [0, 0.05) is 30.5 Å². The maximum atomic E-state index is 12.3. The zero-order chi connectivity index (χ0) is 23.6. The van der Waals surface area contributed by atoms with Crippen molar-refractivity contribution >= 4 is 5.91 Å². The fraction of sp³-hybridized carbons (Fsp3) is 0.800. The van der Waals surface area contributed by atoms with Crippen molar-refractivity contribution in [3.8, 4) is 0 Å². The highest BCUT2D eigenvalue weighted by atomic mass is 19.4. The van der Waals surface area contributed by atoms with E-state index >= 15 is 0 Å². The average molecular weight is 483 g/mol. The van der Waals surface area contributed by atoms with Gasteiger partial charge < -0.3 is 14.6 Å². The van der Waals surface area contributed by atoms with Crippen molar-refractivity contribution in [1.29, 1.82) is 0 Å². The predicted octanol–water partition coefficient (Wildman–Crippen LogP) is 3.50. The summed E-state index contributed by atoms with van der Waals surface area (Å²) in [5.74, 6) is -0.357. The van der Waals surface area contributed by atoms with E-state index in [9.17, 15) is 31.1 Å². The van der Waals surface area contributed by atoms with Crippen LogP contribution in [0.25, 0.3) is 0 Å². The minimum atomic E-state index is -4.66. The van der Waals surface area contributed by atoms with Crippen molar-refractivity contribution in [2.24, 2.45) is 0 Å². The molecule has 1 N–H and O–H groups in total. The number of amides is 1. The third kappa shape index (κ3) is 4.72. The van der Waals surface area contributed by atoms with Gasteiger partial charge >= 0.3 is 12.7 Å². The van der Waals surface area contributed by atoms with Crippen molar-refractivity contribution in [3.05, 3.63) is 18.2 Å². The van der Waals surface area contributed by atoms with Crippen molar-refractivity contribution in [1.82, 2.24) is 14.9 Å². The van der Waals surface area contributed by atoms with Gasteiger partial charge in [-0.15, -0.1) is 26.3 Å². The normalized spacial score (nSPS) is 37.4. The molecule has 0 radical (unpaired) electrons. The first kappa shape index (κ1) is 22.9. The number of carbonyl (C=O) groups excluding carboxylic acids is 1. The van der Waals surface area contributed by atoms with E-state index < -0.39 is 31.0 Å². The zero-order valence-electron chi connectivity index (χ0n) is 17.4. The Balaban J connectivity index is 1.01. The van der Waals surface area contributed by atoms with Crippen LogP contribution >= 0.6 is 0 Å². The number of nitrogens with zero attached hydrogens (tertiary/aromatic N) is 2. The Bertz CT molecular complexity index is 885. The Morgan fingerprint density at radius 2 is 1.58 bits per heavy atom. The maximum Gasteiger partial charge on any atom is 0.522 e. The van der Waals surface area contributed by atoms with Gasteiger partial charge in [-0.05, 0) is 32.1 Å². The van der Waals surface area contributed by atoms with E-state index in [1.165, 1.54) is 0 Å². The number of aromatic nitrogens is 2. The van der Waals surface area contributed by atoms with Gasteiger partial charge in [0.15, 0.2) is 0 Å². The summed E-state index contributed by atoms with van der Waals surface area (Å²) in [4.78, 5) is 16.5. The molecular formula is C20H23F6N3O4. The second kappa shape index (κ2) is 7.57. The minimum Gasteiger partial charge on any atom is -0.368 e. The van der Waals surface area contributed by atoms with Gasteiger partial charge in [-0.3, -0.25) is 14.3 Å². The topological polar surface area (TPSA) is 74.6 Å². The van der Waals surface area contributed by atoms with Crippen LogP contribution in [0.4, 0.5) is 26.3 Å². The van der Waals surface area contributed by atoms with Gasteiger partial charge in [0.05, 0.1) is 35.9 Å². The van der Waals surface area contributed by atoms with Crippen molar-refractivity contribution < 1.29 is 45.3 Å². The first-order valence-electron chi connectivity index (χ1n) is 10.8. The van der Waals surface area contributed by atoms with E-state index in [2.05, 4.69) is 19.8 Å². The first-order chi connectivity index (χ1) is 15.3. The summed E-state index contributed by atoms with van der Waals surface area (Å²) in [7, 11) is 0. The molecule has 5 saturated carbocycles. The molecule has 6 rings (SSSR count). The highest BCUT2D eigenvalue weighted by molar-refractivity contribution is 5.78. The number of rotatable bonds is 8. The van der Waals surface area contributed by atoms with Gasteiger partial charge in [0.1, 0.15) is 6.61 Å². The fourth-order valence-electron chi connectivity index (χ4n) is 5.51. The number of imidazole rings is 1. The maximum absolute atomic E-state index is 12.3. The number of nitrogens with one attached hydrogen (secondary N) is 1. The third-order valence-electron chi connectivity index (χ3n) is 7.17. The summed E-state index contributed by atoms with van der Waals surface area (Å²) in [6, 6.07) is 0. The van der Waals surface area contributed by atoms with Crippen LogP contribution in [-0.4, -0.2) is 58.6 Å². The van der Waals surface area contributed by atoms with E-state index in [4.69, 9.17) is 4.74 Å². The smallest absolute Gasteiger partial charge is 0.368 e. The molecule has 1 aromatic heterocycles. The standard InChI is InChI=1S/C20H23F6N3O4/c21-19(22,23)32-13-1-11(2-13)15-5-29(10-27-15)18-7-17(8-18,9-18)28-16(30)6-31-12-3-14(4-12)33-20(24,25)26/h5,10-14H,1-4,6-9H2,(H,28,30)/t11-,12-,13+,14+,17?,18?. The number of ether oxygens (including phenoxy) is 3. The number of halogens is 6. The molecular weight excluding hydrogens is 460 g/mol. The van der Waals surface area contributed by atoms with E-state index in [1.807, 2.05) is 10.8 Å². The van der Waals surface area contributed by atoms with Crippen LogP contribution in [0.15, 0.2) is 12.5 Å². The summed E-state index contributed by atoms with van der Waals surface area (Å²) < 4.78 is 88.4. The SMILES string of the molecule is O=C(CO[C@H]1C[C@@H](OC(F)(F)F)C1)NC12CC(n3cnc([C@H]4C[C@@H](OC(F)(F)F)C4)c3)(C1)C2. The Morgan fingerprint density at radius 1 is 1.00 bits per heavy atom. The van der Waals surface area contributed by atoms with E-state index in [0.717, 1.165) is 25.0 Å². The molecule has 0 aliphatic heterocycles. The third-order valence-corrected chi connectivity index (χ3v) is 7.17. The molecule has 0 unspecified atom stereocenters. The lowest BCUT2D eigenvalue weighted by Gasteiger charge is -2.70. The quantitative estimate of drug-likeness (QED) is 0.573. The lowest BCUT2D eigenvalue weighted by atomic mass is 9.44. The van der Waals surface area contributed by atoms with Crippen LogP contribution in [0.3, 0.4) is 0 Å². The molecule has 0 atom stereocenters. The molecule has 0 aromatic carbocycles. The second-order valence-electron chi connectivity index (χ2n) is 9.73. The summed E-state index contributed by atoms with van der Waals surface area (Å²) in [5.41, 5.74) is 0.303. The van der Waals surface area contributed by atoms with E-state index in [0.29, 0.717) is 0 Å². The molecule has 0 spiro atoms. The van der Waals surface area contributed by atoms with Crippen molar-refractivity contribution in [2.75, 3.05) is 6.61 Å². The zero-order valence-corrected chi connectivity index (χ0v) is 17.4. The Kier molecular flexibility index (Phi) is 5.26.